The van der Waals surface area contributed by atoms with Crippen LogP contribution in [0.1, 0.15) is 0 Å². The number of methoxy groups -OCH3 is 2. The SMILES string of the molecule is COc1ccc(-c2cc(=Nc3cc([N+](=O)[O-])ccc3[O-])c3cc(Cl)ccc3o2)cc1OC. The van der Waals surface area contributed by atoms with Crippen LogP contribution in [0.3, 0.4) is 0 Å². The van der Waals surface area contributed by atoms with Gasteiger partial charge >= 0.3 is 0 Å². The number of rotatable bonds is 5. The summed E-state index contributed by atoms with van der Waals surface area (Å²) in [5.41, 5.74) is 0.854. The van der Waals surface area contributed by atoms with E-state index in [2.05, 4.69) is 4.99 Å². The maximum absolute atomic E-state index is 12.3. The molecule has 1 heterocycles. The number of fused-ring (bicyclic) bond motifs is 1. The molecule has 0 radical (unpaired) electrons. The van der Waals surface area contributed by atoms with E-state index in [1.54, 1.807) is 42.5 Å². The van der Waals surface area contributed by atoms with Gasteiger partial charge in [0.05, 0.1) is 30.2 Å². The summed E-state index contributed by atoms with van der Waals surface area (Å²) in [6.07, 6.45) is 0. The Bertz CT molecular complexity index is 1410. The van der Waals surface area contributed by atoms with Gasteiger partial charge in [-0.25, -0.2) is 4.99 Å². The lowest BCUT2D eigenvalue weighted by atomic mass is 10.1. The van der Waals surface area contributed by atoms with Crippen LogP contribution in [0, 0.1) is 10.1 Å². The van der Waals surface area contributed by atoms with Crippen molar-refractivity contribution in [2.75, 3.05) is 14.2 Å². The normalized spacial score (nSPS) is 11.5. The Labute approximate surface area is 187 Å². The van der Waals surface area contributed by atoms with E-state index in [-0.39, 0.29) is 11.4 Å². The summed E-state index contributed by atoms with van der Waals surface area (Å²) in [6, 6.07) is 15.3. The predicted molar refractivity (Wildman–Crippen MR) is 118 cm³/mol. The lowest BCUT2D eigenvalue weighted by Crippen LogP contribution is -2.04. The van der Waals surface area contributed by atoms with E-state index in [0.717, 1.165) is 18.2 Å². The molecule has 0 aliphatic heterocycles. The standard InChI is InChI=1S/C23H17ClN2O6/c1-30-21-7-3-13(9-23(21)31-2)22-12-17(16-10-14(24)4-8-20(16)32-22)25-18-11-15(26(28)29)5-6-19(18)27/h3-12,27H,1-2H3/p-1. The van der Waals surface area contributed by atoms with Crippen LogP contribution in [0.4, 0.5) is 11.4 Å². The fraction of sp³-hybridized carbons (Fsp3) is 0.0870. The summed E-state index contributed by atoms with van der Waals surface area (Å²) in [4.78, 5) is 15.0. The molecule has 0 bridgehead atoms. The van der Waals surface area contributed by atoms with Gasteiger partial charge in [0.25, 0.3) is 5.69 Å². The van der Waals surface area contributed by atoms with Crippen molar-refractivity contribution < 1.29 is 23.9 Å². The molecule has 0 atom stereocenters. The Kier molecular flexibility index (Phi) is 5.70. The van der Waals surface area contributed by atoms with Crippen LogP contribution in [0.2, 0.25) is 5.02 Å². The smallest absolute Gasteiger partial charge is 0.271 e. The first-order valence-electron chi connectivity index (χ1n) is 9.35. The Hall–Kier alpha value is -4.04. The van der Waals surface area contributed by atoms with E-state index in [1.807, 2.05) is 0 Å². The first kappa shape index (κ1) is 21.2. The molecule has 4 rings (SSSR count). The van der Waals surface area contributed by atoms with Gasteiger partial charge < -0.3 is 19.0 Å². The summed E-state index contributed by atoms with van der Waals surface area (Å²) in [5.74, 6) is 1.06. The number of benzene rings is 3. The molecular formula is C23H16ClN2O6-. The van der Waals surface area contributed by atoms with Crippen molar-refractivity contribution >= 4 is 33.9 Å². The van der Waals surface area contributed by atoms with Crippen LogP contribution in [0.5, 0.6) is 17.2 Å². The topological polar surface area (TPSA) is 110 Å². The summed E-state index contributed by atoms with van der Waals surface area (Å²) >= 11 is 6.16. The lowest BCUT2D eigenvalue weighted by Gasteiger charge is -2.11. The molecule has 0 spiro atoms. The Morgan fingerprint density at radius 3 is 2.47 bits per heavy atom. The molecule has 9 heteroatoms. The highest BCUT2D eigenvalue weighted by atomic mass is 35.5. The molecule has 8 nitrogen and oxygen atoms in total. The minimum Gasteiger partial charge on any atom is -0.871 e. The molecule has 0 aliphatic carbocycles. The molecule has 3 aromatic carbocycles. The minimum absolute atomic E-state index is 0.0649. The zero-order chi connectivity index (χ0) is 22.8. The van der Waals surface area contributed by atoms with Crippen molar-refractivity contribution in [2.24, 2.45) is 4.99 Å². The Balaban J connectivity index is 1.99. The number of ether oxygens (including phenoxy) is 2. The third-order valence-corrected chi connectivity index (χ3v) is 5.00. The van der Waals surface area contributed by atoms with E-state index in [4.69, 9.17) is 25.5 Å². The van der Waals surface area contributed by atoms with Gasteiger partial charge in [-0.05, 0) is 36.4 Å². The summed E-state index contributed by atoms with van der Waals surface area (Å²) < 4.78 is 16.7. The molecule has 0 N–H and O–H groups in total. The van der Waals surface area contributed by atoms with Crippen LogP contribution in [0.15, 0.2) is 70.1 Å². The Morgan fingerprint density at radius 2 is 1.75 bits per heavy atom. The molecule has 0 fully saturated rings. The molecule has 162 valence electrons. The zero-order valence-electron chi connectivity index (χ0n) is 17.0. The van der Waals surface area contributed by atoms with E-state index in [1.165, 1.54) is 14.2 Å². The molecule has 32 heavy (non-hydrogen) atoms. The van der Waals surface area contributed by atoms with Gasteiger partial charge in [0.2, 0.25) is 0 Å². The maximum atomic E-state index is 12.3. The number of nitro groups is 1. The average molecular weight is 452 g/mol. The fourth-order valence-electron chi connectivity index (χ4n) is 3.20. The number of halogens is 1. The molecule has 0 amide bonds. The van der Waals surface area contributed by atoms with Crippen molar-refractivity contribution in [1.29, 1.82) is 0 Å². The lowest BCUT2D eigenvalue weighted by molar-refractivity contribution is -0.385. The van der Waals surface area contributed by atoms with Crippen molar-refractivity contribution in [3.8, 4) is 28.6 Å². The highest BCUT2D eigenvalue weighted by molar-refractivity contribution is 6.31. The van der Waals surface area contributed by atoms with Crippen molar-refractivity contribution in [1.82, 2.24) is 0 Å². The number of non-ortho nitro benzene ring substituents is 1. The largest absolute Gasteiger partial charge is 0.871 e. The second-order valence-electron chi connectivity index (χ2n) is 6.73. The van der Waals surface area contributed by atoms with E-state index in [9.17, 15) is 15.2 Å². The first-order valence-corrected chi connectivity index (χ1v) is 9.73. The molecule has 0 aliphatic rings. The van der Waals surface area contributed by atoms with Gasteiger partial charge in [0.15, 0.2) is 11.5 Å². The first-order chi connectivity index (χ1) is 15.4. The quantitative estimate of drug-likeness (QED) is 0.312. The van der Waals surface area contributed by atoms with E-state index in [0.29, 0.717) is 44.2 Å². The number of hydrogen-bond donors (Lipinski definition) is 0. The monoisotopic (exact) mass is 451 g/mol. The summed E-state index contributed by atoms with van der Waals surface area (Å²) in [7, 11) is 3.07. The third-order valence-electron chi connectivity index (χ3n) is 4.77. The molecule has 0 saturated heterocycles. The van der Waals surface area contributed by atoms with E-state index >= 15 is 0 Å². The summed E-state index contributed by atoms with van der Waals surface area (Å²) in [6.45, 7) is 0. The Morgan fingerprint density at radius 1 is 0.969 bits per heavy atom. The number of nitrogens with zero attached hydrogens (tertiary/aromatic N) is 2. The van der Waals surface area contributed by atoms with Gasteiger partial charge in [-0.2, -0.15) is 0 Å². The second kappa shape index (κ2) is 8.60. The van der Waals surface area contributed by atoms with Crippen molar-refractivity contribution in [2.45, 2.75) is 0 Å². The number of nitro benzene ring substituents is 1. The van der Waals surface area contributed by atoms with Gasteiger partial charge in [-0.1, -0.05) is 23.4 Å². The average Bonchev–Trinajstić information content (AvgIpc) is 2.79. The minimum atomic E-state index is -0.581. The maximum Gasteiger partial charge on any atom is 0.271 e. The van der Waals surface area contributed by atoms with Gasteiger partial charge in [-0.3, -0.25) is 10.1 Å². The van der Waals surface area contributed by atoms with Crippen LogP contribution >= 0.6 is 11.6 Å². The molecule has 1 aromatic heterocycles. The predicted octanol–water partition coefficient (Wildman–Crippen LogP) is 4.98. The van der Waals surface area contributed by atoms with E-state index < -0.39 is 10.7 Å². The van der Waals surface area contributed by atoms with Crippen molar-refractivity contribution in [3.05, 3.63) is 81.2 Å². The van der Waals surface area contributed by atoms with Crippen molar-refractivity contribution in [3.63, 3.8) is 0 Å². The highest BCUT2D eigenvalue weighted by Crippen LogP contribution is 2.33. The molecular weight excluding hydrogens is 436 g/mol. The molecule has 0 saturated carbocycles. The summed E-state index contributed by atoms with van der Waals surface area (Å²) in [5, 5.41) is 24.8. The third kappa shape index (κ3) is 4.08. The van der Waals surface area contributed by atoms with Gasteiger partial charge in [-0.15, -0.1) is 0 Å². The van der Waals surface area contributed by atoms with Crippen LogP contribution in [-0.2, 0) is 0 Å². The fourth-order valence-corrected chi connectivity index (χ4v) is 3.37. The van der Waals surface area contributed by atoms with Crippen LogP contribution < -0.4 is 19.9 Å². The molecule has 4 aromatic rings. The van der Waals surface area contributed by atoms with Crippen LogP contribution in [-0.4, -0.2) is 19.1 Å². The van der Waals surface area contributed by atoms with Crippen LogP contribution in [0.25, 0.3) is 22.3 Å². The van der Waals surface area contributed by atoms with Gasteiger partial charge in [0, 0.05) is 34.2 Å². The van der Waals surface area contributed by atoms with Gasteiger partial charge in [0.1, 0.15) is 11.3 Å². The highest BCUT2D eigenvalue weighted by Gasteiger charge is 2.12. The zero-order valence-corrected chi connectivity index (χ0v) is 17.8. The number of hydrogen-bond acceptors (Lipinski definition) is 7. The second-order valence-corrected chi connectivity index (χ2v) is 7.16. The molecule has 0 unspecified atom stereocenters.